The zero-order valence-corrected chi connectivity index (χ0v) is 8.83. The minimum Gasteiger partial charge on any atom is -0.295 e. The smallest absolute Gasteiger partial charge is 0.159 e. The molecule has 2 heteroatoms. The van der Waals surface area contributed by atoms with Crippen LogP contribution in [0.5, 0.6) is 0 Å². The first kappa shape index (κ1) is 10.6. The van der Waals surface area contributed by atoms with Gasteiger partial charge in [-0.2, -0.15) is 0 Å². The lowest BCUT2D eigenvalue weighted by atomic mass is 10.0. The summed E-state index contributed by atoms with van der Waals surface area (Å²) in [6.07, 6.45) is 0. The highest BCUT2D eigenvalue weighted by atomic mass is 19.1. The third kappa shape index (κ3) is 2.01. The van der Waals surface area contributed by atoms with E-state index in [9.17, 15) is 9.18 Å². The maximum Gasteiger partial charge on any atom is 0.159 e. The molecule has 0 saturated carbocycles. The van der Waals surface area contributed by atoms with Gasteiger partial charge in [0.25, 0.3) is 0 Å². The molecule has 0 N–H and O–H groups in total. The number of Topliss-reactive ketones (excluding diaryl/α,β-unsaturated/α-hetero) is 1. The zero-order valence-electron chi connectivity index (χ0n) is 8.83. The molecular formula is C14H10FO. The molecule has 0 bridgehead atoms. The summed E-state index contributed by atoms with van der Waals surface area (Å²) in [7, 11) is 0. The summed E-state index contributed by atoms with van der Waals surface area (Å²) in [5, 5.41) is 0. The summed E-state index contributed by atoms with van der Waals surface area (Å²) in [5.74, 6) is -0.412. The number of carbonyl (C=O) groups is 1. The first-order valence-corrected chi connectivity index (χ1v) is 4.96. The largest absolute Gasteiger partial charge is 0.295 e. The average molecular weight is 213 g/mol. The van der Waals surface area contributed by atoms with Crippen molar-refractivity contribution in [3.8, 4) is 11.1 Å². The molecule has 0 saturated heterocycles. The minimum atomic E-state index is -0.340. The summed E-state index contributed by atoms with van der Waals surface area (Å²) in [6, 6.07) is 14.4. The van der Waals surface area contributed by atoms with E-state index in [2.05, 4.69) is 6.07 Å². The van der Waals surface area contributed by atoms with Gasteiger partial charge in [-0.3, -0.25) is 4.79 Å². The number of ketones is 1. The molecule has 0 aliphatic heterocycles. The fourth-order valence-corrected chi connectivity index (χ4v) is 1.51. The van der Waals surface area contributed by atoms with Crippen LogP contribution in [-0.4, -0.2) is 5.78 Å². The summed E-state index contributed by atoms with van der Waals surface area (Å²) in [5.41, 5.74) is 1.57. The van der Waals surface area contributed by atoms with Crippen molar-refractivity contribution in [1.82, 2.24) is 0 Å². The highest BCUT2D eigenvalue weighted by Crippen LogP contribution is 2.23. The second kappa shape index (κ2) is 4.27. The maximum atomic E-state index is 13.6. The van der Waals surface area contributed by atoms with Crippen LogP contribution in [0.25, 0.3) is 11.1 Å². The van der Waals surface area contributed by atoms with E-state index in [1.54, 1.807) is 18.2 Å². The highest BCUT2D eigenvalue weighted by molar-refractivity contribution is 5.95. The van der Waals surface area contributed by atoms with Gasteiger partial charge in [-0.25, -0.2) is 4.39 Å². The second-order valence-corrected chi connectivity index (χ2v) is 3.53. The molecule has 79 valence electrons. The third-order valence-electron chi connectivity index (χ3n) is 2.37. The van der Waals surface area contributed by atoms with Crippen molar-refractivity contribution in [3.05, 3.63) is 59.9 Å². The van der Waals surface area contributed by atoms with Gasteiger partial charge >= 0.3 is 0 Å². The monoisotopic (exact) mass is 213 g/mol. The fraction of sp³-hybridized carbons (Fsp3) is 0.0714. The third-order valence-corrected chi connectivity index (χ3v) is 2.37. The molecule has 0 heterocycles. The van der Waals surface area contributed by atoms with E-state index in [-0.39, 0.29) is 11.6 Å². The molecule has 16 heavy (non-hydrogen) atoms. The normalized spacial score (nSPS) is 10.1. The van der Waals surface area contributed by atoms with Gasteiger partial charge in [0.05, 0.1) is 0 Å². The number of rotatable bonds is 2. The molecule has 0 aliphatic rings. The van der Waals surface area contributed by atoms with Crippen LogP contribution in [0.15, 0.2) is 42.5 Å². The van der Waals surface area contributed by atoms with Crippen LogP contribution in [0.3, 0.4) is 0 Å². The van der Waals surface area contributed by atoms with E-state index in [4.69, 9.17) is 0 Å². The molecule has 2 rings (SSSR count). The van der Waals surface area contributed by atoms with Gasteiger partial charge in [-0.15, -0.1) is 0 Å². The summed E-state index contributed by atoms with van der Waals surface area (Å²) < 4.78 is 13.6. The molecule has 0 aliphatic carbocycles. The average Bonchev–Trinajstić information content (AvgIpc) is 2.30. The molecule has 0 spiro atoms. The van der Waals surface area contributed by atoms with Gasteiger partial charge in [0.2, 0.25) is 0 Å². The summed E-state index contributed by atoms with van der Waals surface area (Å²) >= 11 is 0. The van der Waals surface area contributed by atoms with Gasteiger partial charge in [0.1, 0.15) is 5.82 Å². The fourth-order valence-electron chi connectivity index (χ4n) is 1.51. The van der Waals surface area contributed by atoms with Gasteiger partial charge in [-0.05, 0) is 36.8 Å². The van der Waals surface area contributed by atoms with Crippen LogP contribution in [0.1, 0.15) is 17.3 Å². The molecule has 1 nitrogen and oxygen atoms in total. The Balaban J connectivity index is 2.56. The molecule has 0 fully saturated rings. The van der Waals surface area contributed by atoms with Crippen LogP contribution in [0, 0.1) is 11.9 Å². The Bertz CT molecular complexity index is 518. The van der Waals surface area contributed by atoms with E-state index in [1.807, 2.05) is 12.1 Å². The molecule has 2 aromatic rings. The topological polar surface area (TPSA) is 17.1 Å². The minimum absolute atomic E-state index is 0.0721. The number of carbonyl (C=O) groups excluding carboxylic acids is 1. The zero-order chi connectivity index (χ0) is 11.5. The maximum absolute atomic E-state index is 13.6. The van der Waals surface area contributed by atoms with Crippen molar-refractivity contribution >= 4 is 5.78 Å². The Morgan fingerprint density at radius 3 is 2.69 bits per heavy atom. The van der Waals surface area contributed by atoms with E-state index >= 15 is 0 Å². The Morgan fingerprint density at radius 1 is 1.25 bits per heavy atom. The van der Waals surface area contributed by atoms with E-state index in [0.717, 1.165) is 0 Å². The first-order chi connectivity index (χ1) is 7.68. The predicted molar refractivity (Wildman–Crippen MR) is 60.7 cm³/mol. The quantitative estimate of drug-likeness (QED) is 0.698. The van der Waals surface area contributed by atoms with Gasteiger partial charge in [0.15, 0.2) is 5.78 Å². The Hall–Kier alpha value is -1.96. The van der Waals surface area contributed by atoms with Gasteiger partial charge in [-0.1, -0.05) is 24.3 Å². The number of hydrogen-bond donors (Lipinski definition) is 0. The van der Waals surface area contributed by atoms with Crippen LogP contribution in [0.4, 0.5) is 4.39 Å². The number of hydrogen-bond acceptors (Lipinski definition) is 1. The van der Waals surface area contributed by atoms with Crippen LogP contribution in [0.2, 0.25) is 0 Å². The standard InChI is InChI=1S/C14H10FO/c1-10(16)12-7-8-14(15)13(9-12)11-5-3-2-4-6-11/h2-5,7-9H,1H3. The lowest BCUT2D eigenvalue weighted by Gasteiger charge is -2.04. The van der Waals surface area contributed by atoms with Crippen LogP contribution in [-0.2, 0) is 0 Å². The van der Waals surface area contributed by atoms with Gasteiger partial charge in [0, 0.05) is 11.1 Å². The second-order valence-electron chi connectivity index (χ2n) is 3.53. The van der Waals surface area contributed by atoms with E-state index in [0.29, 0.717) is 16.7 Å². The SMILES string of the molecule is CC(=O)c1ccc(F)c(-c2[c]cccc2)c1. The van der Waals surface area contributed by atoms with Crippen molar-refractivity contribution in [2.45, 2.75) is 6.92 Å². The molecule has 2 aromatic carbocycles. The Kier molecular flexibility index (Phi) is 2.82. The number of halogens is 1. The molecule has 1 radical (unpaired) electrons. The molecular weight excluding hydrogens is 203 g/mol. The van der Waals surface area contributed by atoms with Crippen LogP contribution >= 0.6 is 0 Å². The Labute approximate surface area is 93.5 Å². The molecule has 0 unspecified atom stereocenters. The lowest BCUT2D eigenvalue weighted by Crippen LogP contribution is -1.94. The molecule has 0 amide bonds. The number of benzene rings is 2. The van der Waals surface area contributed by atoms with E-state index in [1.165, 1.54) is 19.1 Å². The summed E-state index contributed by atoms with van der Waals surface area (Å²) in [6.45, 7) is 1.46. The Morgan fingerprint density at radius 2 is 2.06 bits per heavy atom. The van der Waals surface area contributed by atoms with Crippen molar-refractivity contribution in [2.75, 3.05) is 0 Å². The summed E-state index contributed by atoms with van der Waals surface area (Å²) in [4.78, 5) is 11.2. The van der Waals surface area contributed by atoms with E-state index < -0.39 is 0 Å². The highest BCUT2D eigenvalue weighted by Gasteiger charge is 2.08. The van der Waals surface area contributed by atoms with Crippen molar-refractivity contribution < 1.29 is 9.18 Å². The molecule has 0 aromatic heterocycles. The first-order valence-electron chi connectivity index (χ1n) is 4.96. The van der Waals surface area contributed by atoms with Crippen molar-refractivity contribution in [2.24, 2.45) is 0 Å². The van der Waals surface area contributed by atoms with Crippen molar-refractivity contribution in [3.63, 3.8) is 0 Å². The molecule has 0 atom stereocenters. The van der Waals surface area contributed by atoms with Crippen LogP contribution < -0.4 is 0 Å². The predicted octanol–water partition coefficient (Wildman–Crippen LogP) is 3.50. The van der Waals surface area contributed by atoms with Gasteiger partial charge < -0.3 is 0 Å². The lowest BCUT2D eigenvalue weighted by molar-refractivity contribution is 0.101. The van der Waals surface area contributed by atoms with Crippen molar-refractivity contribution in [1.29, 1.82) is 0 Å².